The maximum atomic E-state index is 12.4. The van der Waals surface area contributed by atoms with Gasteiger partial charge in [-0.3, -0.25) is 0 Å². The van der Waals surface area contributed by atoms with Gasteiger partial charge in [0.25, 0.3) is 0 Å². The number of hydrogen-bond donors (Lipinski definition) is 1. The van der Waals surface area contributed by atoms with Crippen molar-refractivity contribution >= 4 is 0 Å². The van der Waals surface area contributed by atoms with Gasteiger partial charge in [-0.2, -0.15) is 18.2 Å². The van der Waals surface area contributed by atoms with Crippen LogP contribution in [-0.4, -0.2) is 15.2 Å². The molecular weight excluding hydrogens is 285 g/mol. The first kappa shape index (κ1) is 15.2. The highest BCUT2D eigenvalue weighted by atomic mass is 19.4. The minimum absolute atomic E-state index is 0.142. The Balaban J connectivity index is 2.17. The summed E-state index contributed by atoms with van der Waals surface area (Å²) in [5, 5.41) is 13.2. The molecule has 0 saturated carbocycles. The van der Waals surface area contributed by atoms with Crippen molar-refractivity contribution in [3.8, 4) is 11.4 Å². The van der Waals surface area contributed by atoms with Crippen LogP contribution in [0.1, 0.15) is 30.9 Å². The molecule has 1 N–H and O–H groups in total. The van der Waals surface area contributed by atoms with E-state index in [1.54, 1.807) is 24.3 Å². The Kier molecular flexibility index (Phi) is 4.42. The van der Waals surface area contributed by atoms with Crippen LogP contribution < -0.4 is 0 Å². The maximum Gasteiger partial charge on any atom is 0.471 e. The Morgan fingerprint density at radius 1 is 1.29 bits per heavy atom. The first-order valence-corrected chi connectivity index (χ1v) is 6.22. The van der Waals surface area contributed by atoms with E-state index in [1.807, 2.05) is 19.1 Å². The van der Waals surface area contributed by atoms with Crippen molar-refractivity contribution in [2.24, 2.45) is 0 Å². The molecule has 1 aromatic carbocycles. The number of hydrogen-bond acceptors (Lipinski definition) is 4. The Labute approximate surface area is 118 Å². The van der Waals surface area contributed by atoms with Crippen LogP contribution in [0.4, 0.5) is 13.2 Å². The van der Waals surface area contributed by atoms with E-state index >= 15 is 0 Å². The molecule has 1 unspecified atom stereocenters. The average Bonchev–Trinajstić information content (AvgIpc) is 2.95. The number of aliphatic hydroxyl groups excluding tert-OH is 1. The van der Waals surface area contributed by atoms with Crippen LogP contribution in [0.15, 0.2) is 40.9 Å². The van der Waals surface area contributed by atoms with Crippen LogP contribution in [0.5, 0.6) is 0 Å². The summed E-state index contributed by atoms with van der Waals surface area (Å²) in [6.45, 7) is 1.85. The van der Waals surface area contributed by atoms with E-state index in [9.17, 15) is 18.3 Å². The van der Waals surface area contributed by atoms with Crippen LogP contribution in [0.3, 0.4) is 0 Å². The zero-order valence-electron chi connectivity index (χ0n) is 11.1. The van der Waals surface area contributed by atoms with E-state index in [-0.39, 0.29) is 5.82 Å². The molecule has 0 aliphatic rings. The fraction of sp³-hybridized carbons (Fsp3) is 0.286. The van der Waals surface area contributed by atoms with Crippen molar-refractivity contribution < 1.29 is 22.8 Å². The van der Waals surface area contributed by atoms with Gasteiger partial charge in [0.15, 0.2) is 0 Å². The molecule has 4 nitrogen and oxygen atoms in total. The molecule has 1 aromatic heterocycles. The molecule has 112 valence electrons. The Hall–Kier alpha value is -2.15. The van der Waals surface area contributed by atoms with Gasteiger partial charge in [0.2, 0.25) is 5.82 Å². The van der Waals surface area contributed by atoms with Crippen molar-refractivity contribution in [2.45, 2.75) is 25.6 Å². The lowest BCUT2D eigenvalue weighted by Crippen LogP contribution is -2.04. The van der Waals surface area contributed by atoms with Gasteiger partial charge in [-0.05, 0) is 18.9 Å². The second-order valence-corrected chi connectivity index (χ2v) is 4.36. The average molecular weight is 298 g/mol. The second kappa shape index (κ2) is 6.09. The largest absolute Gasteiger partial charge is 0.471 e. The molecule has 21 heavy (non-hydrogen) atoms. The van der Waals surface area contributed by atoms with Gasteiger partial charge in [0, 0.05) is 5.56 Å². The summed E-state index contributed by atoms with van der Waals surface area (Å²) in [5.41, 5.74) is 1.05. The van der Waals surface area contributed by atoms with Gasteiger partial charge in [-0.15, -0.1) is 0 Å². The molecule has 2 aromatic rings. The first-order valence-electron chi connectivity index (χ1n) is 6.22. The van der Waals surface area contributed by atoms with Crippen LogP contribution in [0.25, 0.3) is 11.4 Å². The Morgan fingerprint density at radius 3 is 2.48 bits per heavy atom. The smallest absolute Gasteiger partial charge is 0.388 e. The van der Waals surface area contributed by atoms with Crippen molar-refractivity contribution in [1.82, 2.24) is 10.1 Å². The Bertz CT molecular complexity index is 618. The molecule has 7 heteroatoms. The first-order chi connectivity index (χ1) is 9.91. The lowest BCUT2D eigenvalue weighted by molar-refractivity contribution is -0.159. The van der Waals surface area contributed by atoms with Crippen LogP contribution in [0.2, 0.25) is 0 Å². The minimum Gasteiger partial charge on any atom is -0.388 e. The minimum atomic E-state index is -4.66. The molecule has 0 spiro atoms. The highest BCUT2D eigenvalue weighted by Gasteiger charge is 2.38. The summed E-state index contributed by atoms with van der Waals surface area (Å²) in [5.74, 6) is -1.52. The molecule has 0 saturated heterocycles. The topological polar surface area (TPSA) is 59.2 Å². The number of halogens is 3. The number of alkyl halides is 3. The highest BCUT2D eigenvalue weighted by Crippen LogP contribution is 2.29. The third-order valence-corrected chi connectivity index (χ3v) is 2.82. The molecule has 2 rings (SSSR count). The summed E-state index contributed by atoms with van der Waals surface area (Å²) >= 11 is 0. The molecular formula is C14H13F3N2O2. The lowest BCUT2D eigenvalue weighted by atomic mass is 10.0. The fourth-order valence-electron chi connectivity index (χ4n) is 1.71. The normalized spacial score (nSPS) is 13.8. The van der Waals surface area contributed by atoms with E-state index in [2.05, 4.69) is 14.7 Å². The number of aliphatic hydroxyl groups is 1. The standard InChI is InChI=1S/C14H13F3N2O2/c1-2-3-4-11(20)9-5-7-10(8-6-9)12-18-13(21-19-12)14(15,16)17/h2-3,5-8,11,20H,4H2,1H3. The molecule has 0 radical (unpaired) electrons. The molecule has 1 heterocycles. The second-order valence-electron chi connectivity index (χ2n) is 4.36. The number of allylic oxidation sites excluding steroid dienone is 1. The molecule has 1 atom stereocenters. The Morgan fingerprint density at radius 2 is 1.95 bits per heavy atom. The summed E-state index contributed by atoms with van der Waals surface area (Å²) in [6, 6.07) is 6.32. The predicted octanol–water partition coefficient (Wildman–Crippen LogP) is 3.76. The zero-order chi connectivity index (χ0) is 15.5. The fourth-order valence-corrected chi connectivity index (χ4v) is 1.71. The predicted molar refractivity (Wildman–Crippen MR) is 69.1 cm³/mol. The zero-order valence-corrected chi connectivity index (χ0v) is 11.1. The molecule has 0 aliphatic heterocycles. The van der Waals surface area contributed by atoms with Gasteiger partial charge in [-0.1, -0.05) is 41.6 Å². The third kappa shape index (κ3) is 3.69. The van der Waals surface area contributed by atoms with Gasteiger partial charge in [0.05, 0.1) is 6.10 Å². The summed E-state index contributed by atoms with van der Waals surface area (Å²) in [4.78, 5) is 3.30. The van der Waals surface area contributed by atoms with Gasteiger partial charge >= 0.3 is 12.1 Å². The molecule has 0 amide bonds. The van der Waals surface area contributed by atoms with E-state index in [4.69, 9.17) is 0 Å². The van der Waals surface area contributed by atoms with Gasteiger partial charge < -0.3 is 9.63 Å². The van der Waals surface area contributed by atoms with Gasteiger partial charge in [-0.25, -0.2) is 0 Å². The van der Waals surface area contributed by atoms with Crippen LogP contribution >= 0.6 is 0 Å². The monoisotopic (exact) mass is 298 g/mol. The van der Waals surface area contributed by atoms with Gasteiger partial charge in [0.1, 0.15) is 0 Å². The van der Waals surface area contributed by atoms with Crippen molar-refractivity contribution in [3.63, 3.8) is 0 Å². The molecule has 0 bridgehead atoms. The SMILES string of the molecule is CC=CCC(O)c1ccc(-c2noc(C(F)(F)F)n2)cc1. The third-order valence-electron chi connectivity index (χ3n) is 2.82. The van der Waals surface area contributed by atoms with E-state index in [1.165, 1.54) is 0 Å². The quantitative estimate of drug-likeness (QED) is 0.873. The molecule has 0 aliphatic carbocycles. The number of rotatable bonds is 4. The van der Waals surface area contributed by atoms with Crippen molar-refractivity contribution in [1.29, 1.82) is 0 Å². The van der Waals surface area contributed by atoms with E-state index in [0.717, 1.165) is 0 Å². The van der Waals surface area contributed by atoms with Crippen LogP contribution in [0, 0.1) is 0 Å². The summed E-state index contributed by atoms with van der Waals surface area (Å²) in [7, 11) is 0. The number of nitrogens with zero attached hydrogens (tertiary/aromatic N) is 2. The molecule has 0 fully saturated rings. The summed E-state index contributed by atoms with van der Waals surface area (Å²) in [6.07, 6.45) is -1.20. The van der Waals surface area contributed by atoms with E-state index in [0.29, 0.717) is 17.5 Å². The van der Waals surface area contributed by atoms with E-state index < -0.39 is 18.2 Å². The van der Waals surface area contributed by atoms with Crippen molar-refractivity contribution in [3.05, 3.63) is 47.9 Å². The van der Waals surface area contributed by atoms with Crippen molar-refractivity contribution in [2.75, 3.05) is 0 Å². The lowest BCUT2D eigenvalue weighted by Gasteiger charge is -2.08. The highest BCUT2D eigenvalue weighted by molar-refractivity contribution is 5.54. The maximum absolute atomic E-state index is 12.4. The number of aromatic nitrogens is 2. The summed E-state index contributed by atoms with van der Waals surface area (Å²) < 4.78 is 41.3. The number of benzene rings is 1. The van der Waals surface area contributed by atoms with Crippen LogP contribution in [-0.2, 0) is 6.18 Å².